The first-order chi connectivity index (χ1) is 8.07. The second-order valence-electron chi connectivity index (χ2n) is 5.92. The number of rotatable bonds is 1. The zero-order valence-electron chi connectivity index (χ0n) is 10.4. The molecule has 3 rings (SSSR count). The molecule has 1 spiro atoms. The predicted molar refractivity (Wildman–Crippen MR) is 65.7 cm³/mol. The molecule has 1 aromatic carbocycles. The maximum atomic E-state index is 9.53. The molecule has 0 aromatic heterocycles. The van der Waals surface area contributed by atoms with Crippen molar-refractivity contribution >= 4 is 0 Å². The molecule has 1 saturated heterocycles. The molecule has 0 N–H and O–H groups in total. The molecule has 88 valence electrons. The SMILES string of the molecule is Cc1cc(C)cc(C2(C#N)CC3(COC3)C2)c1. The zero-order valence-corrected chi connectivity index (χ0v) is 10.4. The third kappa shape index (κ3) is 1.50. The van der Waals surface area contributed by atoms with E-state index in [0.717, 1.165) is 26.1 Å². The van der Waals surface area contributed by atoms with Crippen molar-refractivity contribution in [3.8, 4) is 6.07 Å². The van der Waals surface area contributed by atoms with Crippen LogP contribution in [0.5, 0.6) is 0 Å². The molecule has 1 heterocycles. The normalized spacial score (nSPS) is 23.6. The van der Waals surface area contributed by atoms with Crippen LogP contribution in [0, 0.1) is 30.6 Å². The van der Waals surface area contributed by atoms with Gasteiger partial charge in [0, 0.05) is 5.41 Å². The molecule has 1 aromatic rings. The molecule has 17 heavy (non-hydrogen) atoms. The van der Waals surface area contributed by atoms with Crippen LogP contribution < -0.4 is 0 Å². The van der Waals surface area contributed by atoms with Crippen LogP contribution in [0.3, 0.4) is 0 Å². The van der Waals surface area contributed by atoms with E-state index in [9.17, 15) is 5.26 Å². The summed E-state index contributed by atoms with van der Waals surface area (Å²) < 4.78 is 5.29. The summed E-state index contributed by atoms with van der Waals surface area (Å²) in [7, 11) is 0. The van der Waals surface area contributed by atoms with Crippen LogP contribution in [0.4, 0.5) is 0 Å². The van der Waals surface area contributed by atoms with Crippen molar-refractivity contribution < 1.29 is 4.74 Å². The topological polar surface area (TPSA) is 33.0 Å². The standard InChI is InChI=1S/C15H17NO/c1-11-3-12(2)5-13(4-11)15(8-16)6-14(7-15)9-17-10-14/h3-5H,6-7,9-10H2,1-2H3. The number of nitriles is 1. The smallest absolute Gasteiger partial charge is 0.0836 e. The second-order valence-corrected chi connectivity index (χ2v) is 5.92. The van der Waals surface area contributed by atoms with Gasteiger partial charge in [0.25, 0.3) is 0 Å². The lowest BCUT2D eigenvalue weighted by Crippen LogP contribution is -2.59. The summed E-state index contributed by atoms with van der Waals surface area (Å²) in [5.41, 5.74) is 3.78. The number of nitrogens with zero attached hydrogens (tertiary/aromatic N) is 1. The summed E-state index contributed by atoms with van der Waals surface area (Å²) in [5, 5.41) is 9.53. The summed E-state index contributed by atoms with van der Waals surface area (Å²) in [6.07, 6.45) is 1.94. The average molecular weight is 227 g/mol. The number of hydrogen-bond acceptors (Lipinski definition) is 2. The maximum absolute atomic E-state index is 9.53. The van der Waals surface area contributed by atoms with Gasteiger partial charge in [0.15, 0.2) is 0 Å². The molecule has 1 aliphatic heterocycles. The van der Waals surface area contributed by atoms with Crippen LogP contribution in [-0.2, 0) is 10.2 Å². The van der Waals surface area contributed by atoms with Gasteiger partial charge in [-0.1, -0.05) is 29.3 Å². The fourth-order valence-corrected chi connectivity index (χ4v) is 3.42. The Balaban J connectivity index is 1.94. The van der Waals surface area contributed by atoms with E-state index in [2.05, 4.69) is 38.1 Å². The average Bonchev–Trinajstić information content (AvgIpc) is 2.13. The molecule has 0 radical (unpaired) electrons. The lowest BCUT2D eigenvalue weighted by Gasteiger charge is -2.57. The Kier molecular flexibility index (Phi) is 2.12. The summed E-state index contributed by atoms with van der Waals surface area (Å²) in [6, 6.07) is 9.05. The molecule has 2 fully saturated rings. The van der Waals surface area contributed by atoms with Crippen molar-refractivity contribution in [3.05, 3.63) is 34.9 Å². The second kappa shape index (κ2) is 3.34. The molecule has 1 saturated carbocycles. The Labute approximate surface area is 102 Å². The van der Waals surface area contributed by atoms with E-state index in [1.54, 1.807) is 0 Å². The van der Waals surface area contributed by atoms with E-state index in [1.165, 1.54) is 16.7 Å². The molecule has 0 bridgehead atoms. The molecular weight excluding hydrogens is 210 g/mol. The Bertz CT molecular complexity index is 480. The Morgan fingerprint density at radius 1 is 1.12 bits per heavy atom. The number of aryl methyl sites for hydroxylation is 2. The first-order valence-electron chi connectivity index (χ1n) is 6.15. The molecule has 0 atom stereocenters. The van der Waals surface area contributed by atoms with E-state index in [0.29, 0.717) is 5.41 Å². The molecule has 0 unspecified atom stereocenters. The highest BCUT2D eigenvalue weighted by molar-refractivity contribution is 5.42. The molecule has 1 aliphatic carbocycles. The molecule has 2 aliphatic rings. The van der Waals surface area contributed by atoms with Crippen LogP contribution >= 0.6 is 0 Å². The molecule has 2 heteroatoms. The van der Waals surface area contributed by atoms with Gasteiger partial charge in [-0.2, -0.15) is 5.26 Å². The van der Waals surface area contributed by atoms with E-state index >= 15 is 0 Å². The first kappa shape index (κ1) is 10.8. The lowest BCUT2D eigenvalue weighted by atomic mass is 9.50. The largest absolute Gasteiger partial charge is 0.380 e. The van der Waals surface area contributed by atoms with Crippen molar-refractivity contribution in [2.75, 3.05) is 13.2 Å². The van der Waals surface area contributed by atoms with Gasteiger partial charge in [-0.25, -0.2) is 0 Å². The monoisotopic (exact) mass is 227 g/mol. The summed E-state index contributed by atoms with van der Waals surface area (Å²) in [4.78, 5) is 0. The minimum absolute atomic E-state index is 0.249. The van der Waals surface area contributed by atoms with Gasteiger partial charge in [0.1, 0.15) is 0 Å². The van der Waals surface area contributed by atoms with E-state index in [4.69, 9.17) is 4.74 Å². The summed E-state index contributed by atoms with van der Waals surface area (Å²) in [5.74, 6) is 0. The van der Waals surface area contributed by atoms with Crippen molar-refractivity contribution in [2.45, 2.75) is 32.1 Å². The molecule has 0 amide bonds. The fraction of sp³-hybridized carbons (Fsp3) is 0.533. The third-order valence-corrected chi connectivity index (χ3v) is 4.16. The van der Waals surface area contributed by atoms with Crippen molar-refractivity contribution in [1.82, 2.24) is 0 Å². The first-order valence-corrected chi connectivity index (χ1v) is 6.15. The van der Waals surface area contributed by atoms with Gasteiger partial charge >= 0.3 is 0 Å². The third-order valence-electron chi connectivity index (χ3n) is 4.16. The van der Waals surface area contributed by atoms with Gasteiger partial charge in [-0.05, 0) is 32.3 Å². The van der Waals surface area contributed by atoms with Crippen LogP contribution in [0.15, 0.2) is 18.2 Å². The van der Waals surface area contributed by atoms with E-state index in [-0.39, 0.29) is 5.41 Å². The minimum atomic E-state index is -0.249. The van der Waals surface area contributed by atoms with Gasteiger partial charge in [0.05, 0.1) is 24.7 Å². The minimum Gasteiger partial charge on any atom is -0.380 e. The van der Waals surface area contributed by atoms with Gasteiger partial charge < -0.3 is 4.74 Å². The predicted octanol–water partition coefficient (Wildman–Crippen LogP) is 2.88. The number of benzene rings is 1. The number of hydrogen-bond donors (Lipinski definition) is 0. The molecule has 2 nitrogen and oxygen atoms in total. The highest BCUT2D eigenvalue weighted by Gasteiger charge is 2.59. The summed E-state index contributed by atoms with van der Waals surface area (Å²) in [6.45, 7) is 5.90. The van der Waals surface area contributed by atoms with E-state index in [1.807, 2.05) is 0 Å². The maximum Gasteiger partial charge on any atom is 0.0836 e. The van der Waals surface area contributed by atoms with Crippen molar-refractivity contribution in [3.63, 3.8) is 0 Å². The highest BCUT2D eigenvalue weighted by atomic mass is 16.5. The van der Waals surface area contributed by atoms with Gasteiger partial charge in [-0.3, -0.25) is 0 Å². The van der Waals surface area contributed by atoms with Crippen LogP contribution in [0.1, 0.15) is 29.5 Å². The molecular formula is C15H17NO. The van der Waals surface area contributed by atoms with Crippen LogP contribution in [0.25, 0.3) is 0 Å². The van der Waals surface area contributed by atoms with Crippen LogP contribution in [0.2, 0.25) is 0 Å². The quantitative estimate of drug-likeness (QED) is 0.739. The van der Waals surface area contributed by atoms with Crippen molar-refractivity contribution in [1.29, 1.82) is 5.26 Å². The summed E-state index contributed by atoms with van der Waals surface area (Å²) >= 11 is 0. The Morgan fingerprint density at radius 3 is 2.12 bits per heavy atom. The van der Waals surface area contributed by atoms with E-state index < -0.39 is 0 Å². The fourth-order valence-electron chi connectivity index (χ4n) is 3.42. The highest BCUT2D eigenvalue weighted by Crippen LogP contribution is 2.58. The Hall–Kier alpha value is -1.33. The lowest BCUT2D eigenvalue weighted by molar-refractivity contribution is -0.178. The number of ether oxygens (including phenoxy) is 1. The van der Waals surface area contributed by atoms with Crippen LogP contribution in [-0.4, -0.2) is 13.2 Å². The van der Waals surface area contributed by atoms with Gasteiger partial charge in [0.2, 0.25) is 0 Å². The Morgan fingerprint density at radius 2 is 1.71 bits per heavy atom. The zero-order chi connectivity index (χ0) is 12.1. The van der Waals surface area contributed by atoms with Gasteiger partial charge in [-0.15, -0.1) is 0 Å². The van der Waals surface area contributed by atoms with Crippen molar-refractivity contribution in [2.24, 2.45) is 5.41 Å².